The van der Waals surface area contributed by atoms with Crippen molar-refractivity contribution in [2.45, 2.75) is 30.7 Å². The van der Waals surface area contributed by atoms with Gasteiger partial charge in [0, 0.05) is 24.7 Å². The minimum atomic E-state index is -4.20. The fourth-order valence-electron chi connectivity index (χ4n) is 3.58. The number of benzene rings is 2. The van der Waals surface area contributed by atoms with E-state index < -0.39 is 38.5 Å². The summed E-state index contributed by atoms with van der Waals surface area (Å²) in [6.45, 7) is 1.86. The number of sulfonamides is 1. The summed E-state index contributed by atoms with van der Waals surface area (Å²) in [4.78, 5) is 22.8. The zero-order valence-corrected chi connectivity index (χ0v) is 18.2. The molecule has 1 aliphatic rings. The van der Waals surface area contributed by atoms with E-state index >= 15 is 0 Å². The van der Waals surface area contributed by atoms with E-state index in [-0.39, 0.29) is 37.9 Å². The maximum Gasteiger partial charge on any atom is 0.316 e. The molecule has 1 aliphatic heterocycles. The molecule has 0 spiro atoms. The molecule has 1 unspecified atom stereocenters. The van der Waals surface area contributed by atoms with E-state index in [9.17, 15) is 26.8 Å². The van der Waals surface area contributed by atoms with Gasteiger partial charge in [-0.25, -0.2) is 22.0 Å². The van der Waals surface area contributed by atoms with Crippen LogP contribution in [0.25, 0.3) is 0 Å². The summed E-state index contributed by atoms with van der Waals surface area (Å²) in [6, 6.07) is 8.14. The number of carbonyl (C=O) groups is 2. The number of hydrogen-bond donors (Lipinski definition) is 3. The van der Waals surface area contributed by atoms with Crippen LogP contribution in [-0.2, 0) is 14.8 Å². The minimum absolute atomic E-state index is 0.0260. The second-order valence-corrected chi connectivity index (χ2v) is 9.50. The van der Waals surface area contributed by atoms with Crippen LogP contribution >= 0.6 is 0 Å². The first-order valence-corrected chi connectivity index (χ1v) is 11.4. The van der Waals surface area contributed by atoms with Gasteiger partial charge in [-0.05, 0) is 55.7 Å². The number of carbonyl (C=O) groups excluding carboxylic acids is 2. The molecule has 1 heterocycles. The molecule has 0 bridgehead atoms. The average molecular weight is 467 g/mol. The topological polar surface area (TPSA) is 122 Å². The van der Waals surface area contributed by atoms with Gasteiger partial charge >= 0.3 is 6.03 Å². The van der Waals surface area contributed by atoms with Crippen molar-refractivity contribution in [2.24, 2.45) is 11.7 Å². The molecule has 0 saturated carbocycles. The van der Waals surface area contributed by atoms with E-state index in [1.807, 2.05) is 0 Å². The van der Waals surface area contributed by atoms with Gasteiger partial charge in [-0.1, -0.05) is 12.1 Å². The summed E-state index contributed by atoms with van der Waals surface area (Å²) in [7, 11) is -4.20. The predicted octanol–water partition coefficient (Wildman–Crippen LogP) is 2.73. The predicted molar refractivity (Wildman–Crippen MR) is 114 cm³/mol. The smallest absolute Gasteiger partial charge is 0.316 e. The van der Waals surface area contributed by atoms with Crippen LogP contribution in [0.3, 0.4) is 0 Å². The van der Waals surface area contributed by atoms with Gasteiger partial charge in [0.15, 0.2) is 0 Å². The van der Waals surface area contributed by atoms with E-state index in [4.69, 9.17) is 5.73 Å². The number of halogens is 2. The largest absolute Gasteiger partial charge is 0.351 e. The molecule has 1 fully saturated rings. The summed E-state index contributed by atoms with van der Waals surface area (Å²) in [5.74, 6) is -2.48. The average Bonchev–Trinajstić information content (AvgIpc) is 2.75. The van der Waals surface area contributed by atoms with E-state index in [2.05, 4.69) is 10.6 Å². The van der Waals surface area contributed by atoms with Gasteiger partial charge in [-0.3, -0.25) is 4.79 Å². The van der Waals surface area contributed by atoms with Crippen molar-refractivity contribution in [1.29, 1.82) is 0 Å². The van der Waals surface area contributed by atoms with Crippen molar-refractivity contribution in [3.63, 3.8) is 0 Å². The fourth-order valence-corrected chi connectivity index (χ4v) is 5.13. The van der Waals surface area contributed by atoms with E-state index in [1.54, 1.807) is 31.2 Å². The van der Waals surface area contributed by atoms with Crippen LogP contribution in [0, 0.1) is 17.6 Å². The fraction of sp³-hybridized carbons (Fsp3) is 0.333. The van der Waals surface area contributed by atoms with Crippen LogP contribution in [0.5, 0.6) is 0 Å². The Balaban J connectivity index is 1.58. The summed E-state index contributed by atoms with van der Waals surface area (Å²) < 4.78 is 53.8. The molecule has 32 heavy (non-hydrogen) atoms. The summed E-state index contributed by atoms with van der Waals surface area (Å²) in [6.07, 6.45) is 0.520. The number of nitrogens with zero attached hydrogens (tertiary/aromatic N) is 1. The van der Waals surface area contributed by atoms with Crippen LogP contribution in [0.4, 0.5) is 19.3 Å². The molecule has 11 heteroatoms. The van der Waals surface area contributed by atoms with Gasteiger partial charge in [-0.15, -0.1) is 0 Å². The van der Waals surface area contributed by atoms with Gasteiger partial charge in [0.1, 0.15) is 16.5 Å². The number of rotatable bonds is 6. The number of nitrogens with two attached hydrogens (primary N) is 1. The number of primary amides is 1. The SMILES string of the molecule is CC(NC(=O)C1CCN(S(=O)(=O)c2cc(F)ccc2F)CC1)c1ccc(NC(N)=O)cc1. The Morgan fingerprint density at radius 1 is 1.09 bits per heavy atom. The number of nitrogens with one attached hydrogen (secondary N) is 2. The first-order chi connectivity index (χ1) is 15.1. The normalized spacial score (nSPS) is 16.3. The number of piperidine rings is 1. The van der Waals surface area contributed by atoms with Gasteiger partial charge in [0.2, 0.25) is 15.9 Å². The number of hydrogen-bond acceptors (Lipinski definition) is 4. The lowest BCUT2D eigenvalue weighted by molar-refractivity contribution is -0.126. The Bertz CT molecular complexity index is 1100. The Labute approximate surface area is 184 Å². The highest BCUT2D eigenvalue weighted by Crippen LogP contribution is 2.27. The molecule has 0 radical (unpaired) electrons. The third-order valence-corrected chi connectivity index (χ3v) is 7.29. The third kappa shape index (κ3) is 5.40. The van der Waals surface area contributed by atoms with Gasteiger partial charge in [-0.2, -0.15) is 4.31 Å². The lowest BCUT2D eigenvalue weighted by Gasteiger charge is -2.31. The maximum atomic E-state index is 14.0. The lowest BCUT2D eigenvalue weighted by Crippen LogP contribution is -2.43. The molecule has 0 aliphatic carbocycles. The molecule has 0 aromatic heterocycles. The highest BCUT2D eigenvalue weighted by Gasteiger charge is 2.34. The molecule has 4 N–H and O–H groups in total. The Morgan fingerprint density at radius 3 is 2.31 bits per heavy atom. The van der Waals surface area contributed by atoms with Gasteiger partial charge in [0.25, 0.3) is 0 Å². The summed E-state index contributed by atoms with van der Waals surface area (Å²) in [5.41, 5.74) is 6.42. The van der Waals surface area contributed by atoms with Crippen LogP contribution in [0.2, 0.25) is 0 Å². The Kier molecular flexibility index (Phi) is 7.09. The number of amides is 3. The van der Waals surface area contributed by atoms with Crippen molar-refractivity contribution in [1.82, 2.24) is 9.62 Å². The number of anilines is 1. The first kappa shape index (κ1) is 23.6. The molecule has 1 atom stereocenters. The van der Waals surface area contributed by atoms with Crippen LogP contribution in [-0.4, -0.2) is 37.8 Å². The van der Waals surface area contributed by atoms with Gasteiger partial charge < -0.3 is 16.4 Å². The molecular formula is C21H24F2N4O4S. The Hall–Kier alpha value is -3.05. The minimum Gasteiger partial charge on any atom is -0.351 e. The standard InChI is InChI=1S/C21H24F2N4O4S/c1-13(14-2-5-17(6-3-14)26-21(24)29)25-20(28)15-8-10-27(11-9-15)32(30,31)19-12-16(22)4-7-18(19)23/h2-7,12-13,15H,8-11H2,1H3,(H,25,28)(H3,24,26,29). The van der Waals surface area contributed by atoms with E-state index in [0.29, 0.717) is 11.8 Å². The van der Waals surface area contributed by atoms with E-state index in [0.717, 1.165) is 22.0 Å². The molecule has 2 aromatic carbocycles. The first-order valence-electron chi connectivity index (χ1n) is 10.00. The zero-order valence-electron chi connectivity index (χ0n) is 17.3. The van der Waals surface area contributed by atoms with E-state index in [1.165, 1.54) is 0 Å². The van der Waals surface area contributed by atoms with Crippen LogP contribution in [0.1, 0.15) is 31.4 Å². The quantitative estimate of drug-likeness (QED) is 0.606. The molecule has 1 saturated heterocycles. The molecular weight excluding hydrogens is 442 g/mol. The maximum absolute atomic E-state index is 14.0. The second kappa shape index (κ2) is 9.61. The second-order valence-electron chi connectivity index (χ2n) is 7.59. The molecule has 3 rings (SSSR count). The van der Waals surface area contributed by atoms with Crippen molar-refractivity contribution >= 4 is 27.6 Å². The van der Waals surface area contributed by atoms with Gasteiger partial charge in [0.05, 0.1) is 6.04 Å². The highest BCUT2D eigenvalue weighted by molar-refractivity contribution is 7.89. The highest BCUT2D eigenvalue weighted by atomic mass is 32.2. The van der Waals surface area contributed by atoms with Crippen LogP contribution < -0.4 is 16.4 Å². The Morgan fingerprint density at radius 2 is 1.72 bits per heavy atom. The zero-order chi connectivity index (χ0) is 23.5. The summed E-state index contributed by atoms with van der Waals surface area (Å²) >= 11 is 0. The summed E-state index contributed by atoms with van der Waals surface area (Å²) in [5, 5.41) is 5.35. The third-order valence-electron chi connectivity index (χ3n) is 5.37. The lowest BCUT2D eigenvalue weighted by atomic mass is 9.96. The molecule has 172 valence electrons. The van der Waals surface area contributed by atoms with Crippen LogP contribution in [0.15, 0.2) is 47.4 Å². The van der Waals surface area contributed by atoms with Crippen molar-refractivity contribution < 1.29 is 26.8 Å². The van der Waals surface area contributed by atoms with Crippen molar-refractivity contribution in [3.8, 4) is 0 Å². The monoisotopic (exact) mass is 466 g/mol. The molecule has 3 amide bonds. The number of urea groups is 1. The molecule has 2 aromatic rings. The van der Waals surface area contributed by atoms with Crippen molar-refractivity contribution in [3.05, 3.63) is 59.7 Å². The van der Waals surface area contributed by atoms with Crippen molar-refractivity contribution in [2.75, 3.05) is 18.4 Å². The molecule has 8 nitrogen and oxygen atoms in total.